The fourth-order valence-electron chi connectivity index (χ4n) is 4.89. The third-order valence-corrected chi connectivity index (χ3v) is 7.78. The zero-order chi connectivity index (χ0) is 25.2. The molecule has 1 aliphatic rings. The minimum atomic E-state index is -0.974. The molecule has 3 aromatic heterocycles. The second-order valence-electron chi connectivity index (χ2n) is 9.16. The second kappa shape index (κ2) is 10.2. The van der Waals surface area contributed by atoms with E-state index in [1.54, 1.807) is 18.3 Å². The molecule has 184 valence electrons. The van der Waals surface area contributed by atoms with E-state index in [0.717, 1.165) is 59.2 Å². The molecule has 0 amide bonds. The molecule has 37 heavy (non-hydrogen) atoms. The number of fused-ring (bicyclic) bond motifs is 2. The topological polar surface area (TPSA) is 74.2 Å². The van der Waals surface area contributed by atoms with E-state index in [0.29, 0.717) is 11.1 Å². The summed E-state index contributed by atoms with van der Waals surface area (Å²) >= 11 is 2.03. The summed E-state index contributed by atoms with van der Waals surface area (Å²) in [7, 11) is 0. The number of carbonyl (C=O) groups is 1. The number of H-pyrrole nitrogens is 1. The van der Waals surface area contributed by atoms with Gasteiger partial charge in [-0.05, 0) is 47.3 Å². The summed E-state index contributed by atoms with van der Waals surface area (Å²) in [4.78, 5) is 22.5. The van der Waals surface area contributed by atoms with Crippen molar-refractivity contribution in [1.29, 1.82) is 0 Å². The molecule has 0 spiro atoms. The lowest BCUT2D eigenvalue weighted by atomic mass is 9.93. The molecule has 6 nitrogen and oxygen atoms in total. The summed E-state index contributed by atoms with van der Waals surface area (Å²) in [6.07, 6.45) is 5.77. The Balaban J connectivity index is 1.31. The van der Waals surface area contributed by atoms with Crippen molar-refractivity contribution in [1.82, 2.24) is 19.4 Å². The Labute approximate surface area is 219 Å². The third-order valence-electron chi connectivity index (χ3n) is 6.84. The normalized spacial score (nSPS) is 14.1. The molecule has 1 aliphatic heterocycles. The van der Waals surface area contributed by atoms with E-state index in [1.807, 2.05) is 48.3 Å². The molecule has 0 aliphatic carbocycles. The minimum Gasteiger partial charge on any atom is -0.478 e. The van der Waals surface area contributed by atoms with E-state index >= 15 is 0 Å². The molecule has 0 radical (unpaired) electrons. The Morgan fingerprint density at radius 3 is 2.78 bits per heavy atom. The Kier molecular flexibility index (Phi) is 6.44. The van der Waals surface area contributed by atoms with Crippen LogP contribution in [0.15, 0.2) is 73.2 Å². The largest absolute Gasteiger partial charge is 0.478 e. The van der Waals surface area contributed by atoms with Crippen molar-refractivity contribution >= 4 is 39.7 Å². The van der Waals surface area contributed by atoms with E-state index in [9.17, 15) is 9.90 Å². The highest BCUT2D eigenvalue weighted by molar-refractivity contribution is 7.99. The molecular formula is C30H26N4O2S. The van der Waals surface area contributed by atoms with Gasteiger partial charge in [0.05, 0.1) is 5.56 Å². The van der Waals surface area contributed by atoms with Crippen LogP contribution >= 0.6 is 11.8 Å². The van der Waals surface area contributed by atoms with Gasteiger partial charge < -0.3 is 14.7 Å². The maximum absolute atomic E-state index is 12.1. The van der Waals surface area contributed by atoms with Gasteiger partial charge in [0, 0.05) is 83.9 Å². The van der Waals surface area contributed by atoms with E-state index in [2.05, 4.69) is 44.6 Å². The van der Waals surface area contributed by atoms with Crippen LogP contribution in [0.1, 0.15) is 21.5 Å². The van der Waals surface area contributed by atoms with Crippen molar-refractivity contribution in [3.63, 3.8) is 0 Å². The number of nitrogens with zero attached hydrogens (tertiary/aromatic N) is 3. The van der Waals surface area contributed by atoms with Crippen molar-refractivity contribution in [3.05, 3.63) is 89.9 Å². The number of hydrogen-bond donors (Lipinski definition) is 2. The van der Waals surface area contributed by atoms with Gasteiger partial charge in [0.2, 0.25) is 0 Å². The van der Waals surface area contributed by atoms with Gasteiger partial charge in [-0.3, -0.25) is 4.90 Å². The van der Waals surface area contributed by atoms with Crippen LogP contribution in [0, 0.1) is 11.8 Å². The Bertz CT molecular complexity index is 1670. The van der Waals surface area contributed by atoms with Crippen molar-refractivity contribution in [2.45, 2.75) is 6.54 Å². The predicted octanol–water partition coefficient (Wildman–Crippen LogP) is 5.33. The van der Waals surface area contributed by atoms with Crippen molar-refractivity contribution < 1.29 is 9.90 Å². The predicted molar refractivity (Wildman–Crippen MR) is 150 cm³/mol. The number of aromatic nitrogens is 3. The monoisotopic (exact) mass is 506 g/mol. The quantitative estimate of drug-likeness (QED) is 0.315. The number of nitrogens with one attached hydrogen (secondary N) is 1. The maximum atomic E-state index is 12.1. The van der Waals surface area contributed by atoms with E-state index in [-0.39, 0.29) is 5.56 Å². The Hall–Kier alpha value is -3.99. The summed E-state index contributed by atoms with van der Waals surface area (Å²) in [5.74, 6) is 7.90. The van der Waals surface area contributed by atoms with Gasteiger partial charge in [-0.2, -0.15) is 11.8 Å². The number of benzene rings is 2. The van der Waals surface area contributed by atoms with Crippen LogP contribution in [0.25, 0.3) is 33.1 Å². The Morgan fingerprint density at radius 2 is 1.92 bits per heavy atom. The fraction of sp³-hybridized carbons (Fsp3) is 0.200. The first kappa shape index (κ1) is 23.4. The highest BCUT2D eigenvalue weighted by Gasteiger charge is 2.16. The number of pyridine rings is 1. The summed E-state index contributed by atoms with van der Waals surface area (Å²) < 4.78 is 2.21. The van der Waals surface area contributed by atoms with Gasteiger partial charge in [0.1, 0.15) is 5.65 Å². The number of aromatic amines is 1. The van der Waals surface area contributed by atoms with E-state index < -0.39 is 5.97 Å². The maximum Gasteiger partial charge on any atom is 0.336 e. The molecule has 4 heterocycles. The van der Waals surface area contributed by atoms with Crippen molar-refractivity contribution in [2.75, 3.05) is 31.1 Å². The van der Waals surface area contributed by atoms with Crippen LogP contribution in [-0.2, 0) is 6.54 Å². The zero-order valence-electron chi connectivity index (χ0n) is 20.3. The van der Waals surface area contributed by atoms with E-state index in [1.165, 1.54) is 11.5 Å². The average Bonchev–Trinajstić information content (AvgIpc) is 3.57. The Morgan fingerprint density at radius 1 is 1.03 bits per heavy atom. The van der Waals surface area contributed by atoms with Gasteiger partial charge in [0.15, 0.2) is 0 Å². The summed E-state index contributed by atoms with van der Waals surface area (Å²) in [6, 6.07) is 17.3. The van der Waals surface area contributed by atoms with Gasteiger partial charge in [-0.25, -0.2) is 9.78 Å². The first-order valence-electron chi connectivity index (χ1n) is 12.4. The average molecular weight is 507 g/mol. The molecule has 5 aromatic rings. The van der Waals surface area contributed by atoms with Gasteiger partial charge in [-0.1, -0.05) is 30.0 Å². The van der Waals surface area contributed by atoms with Crippen LogP contribution in [-0.4, -0.2) is 61.7 Å². The molecule has 7 heteroatoms. The standard InChI is InChI=1S/C30H26N4O2S/c35-30(36)26-3-1-2-23(28(26)24-7-6-22-8-10-31-27(22)19-24)5-4-21-18-25-9-11-34(29(25)32-20-21)13-12-33-14-16-37-17-15-33/h1-3,6-11,18-20,31H,12-17H2,(H,35,36). The van der Waals surface area contributed by atoms with Crippen molar-refractivity contribution in [3.8, 4) is 23.0 Å². The van der Waals surface area contributed by atoms with Crippen LogP contribution in [0.3, 0.4) is 0 Å². The zero-order valence-corrected chi connectivity index (χ0v) is 21.1. The summed E-state index contributed by atoms with van der Waals surface area (Å²) in [6.45, 7) is 4.26. The third kappa shape index (κ3) is 4.86. The highest BCUT2D eigenvalue weighted by Crippen LogP contribution is 2.30. The number of thioether (sulfide) groups is 1. The molecule has 0 atom stereocenters. The number of carboxylic acid groups (broad SMARTS) is 1. The van der Waals surface area contributed by atoms with Crippen LogP contribution < -0.4 is 0 Å². The second-order valence-corrected chi connectivity index (χ2v) is 10.4. The molecule has 1 fully saturated rings. The molecule has 2 N–H and O–H groups in total. The smallest absolute Gasteiger partial charge is 0.336 e. The number of aromatic carboxylic acids is 1. The molecule has 0 unspecified atom stereocenters. The lowest BCUT2D eigenvalue weighted by Crippen LogP contribution is -2.35. The molecule has 0 bridgehead atoms. The molecule has 2 aromatic carbocycles. The fourth-order valence-corrected chi connectivity index (χ4v) is 5.87. The lowest BCUT2D eigenvalue weighted by Gasteiger charge is -2.26. The van der Waals surface area contributed by atoms with Crippen molar-refractivity contribution in [2.24, 2.45) is 0 Å². The molecular weight excluding hydrogens is 480 g/mol. The minimum absolute atomic E-state index is 0.232. The number of rotatable bonds is 5. The first-order valence-corrected chi connectivity index (χ1v) is 13.5. The summed E-state index contributed by atoms with van der Waals surface area (Å²) in [5.41, 5.74) is 5.05. The van der Waals surface area contributed by atoms with Gasteiger partial charge in [0.25, 0.3) is 0 Å². The van der Waals surface area contributed by atoms with Gasteiger partial charge >= 0.3 is 5.97 Å². The van der Waals surface area contributed by atoms with Crippen LogP contribution in [0.5, 0.6) is 0 Å². The molecule has 1 saturated heterocycles. The molecule has 6 rings (SSSR count). The van der Waals surface area contributed by atoms with Crippen LogP contribution in [0.4, 0.5) is 0 Å². The lowest BCUT2D eigenvalue weighted by molar-refractivity contribution is 0.0697. The number of hydrogen-bond acceptors (Lipinski definition) is 4. The first-order chi connectivity index (χ1) is 18.2. The highest BCUT2D eigenvalue weighted by atomic mass is 32.2. The van der Waals surface area contributed by atoms with Crippen LogP contribution in [0.2, 0.25) is 0 Å². The summed E-state index contributed by atoms with van der Waals surface area (Å²) in [5, 5.41) is 12.0. The molecule has 0 saturated carbocycles. The SMILES string of the molecule is O=C(O)c1cccc(C#Cc2cnc3c(ccn3CCN3CCSCC3)c2)c1-c1ccc2cc[nH]c2c1. The number of carboxylic acids is 1. The van der Waals surface area contributed by atoms with Gasteiger partial charge in [-0.15, -0.1) is 0 Å². The van der Waals surface area contributed by atoms with E-state index in [4.69, 9.17) is 4.98 Å².